The van der Waals surface area contributed by atoms with Crippen molar-refractivity contribution in [3.8, 4) is 5.75 Å². The van der Waals surface area contributed by atoms with Gasteiger partial charge < -0.3 is 10.5 Å². The minimum atomic E-state index is 0.0573. The van der Waals surface area contributed by atoms with Crippen LogP contribution in [-0.4, -0.2) is 31.1 Å². The Morgan fingerprint density at radius 2 is 1.79 bits per heavy atom. The number of para-hydroxylation sites is 1. The number of methoxy groups -OCH3 is 1. The lowest BCUT2D eigenvalue weighted by molar-refractivity contribution is 0.144. The van der Waals surface area contributed by atoms with Crippen LogP contribution in [0.5, 0.6) is 5.75 Å². The highest BCUT2D eigenvalue weighted by Crippen LogP contribution is 2.32. The van der Waals surface area contributed by atoms with E-state index in [2.05, 4.69) is 38.8 Å². The topological polar surface area (TPSA) is 38.5 Å². The lowest BCUT2D eigenvalue weighted by Gasteiger charge is -2.37. The molecule has 0 aliphatic rings. The van der Waals surface area contributed by atoms with Crippen LogP contribution in [0.1, 0.15) is 45.2 Å². The summed E-state index contributed by atoms with van der Waals surface area (Å²) in [6, 6.07) is 8.95. The molecule has 0 bridgehead atoms. The number of nitrogens with zero attached hydrogens (tertiary/aromatic N) is 1. The number of rotatable bonds is 7. The summed E-state index contributed by atoms with van der Waals surface area (Å²) < 4.78 is 5.49. The Balaban J connectivity index is 3.13. The molecule has 108 valence electrons. The molecule has 2 unspecified atom stereocenters. The van der Waals surface area contributed by atoms with Crippen molar-refractivity contribution in [1.82, 2.24) is 4.90 Å². The Bertz CT molecular complexity index is 375. The summed E-state index contributed by atoms with van der Waals surface area (Å²) in [6.07, 6.45) is 2.26. The fourth-order valence-electron chi connectivity index (χ4n) is 2.88. The summed E-state index contributed by atoms with van der Waals surface area (Å²) in [7, 11) is 3.88. The zero-order valence-corrected chi connectivity index (χ0v) is 12.9. The van der Waals surface area contributed by atoms with Gasteiger partial charge in [-0.05, 0) is 32.9 Å². The monoisotopic (exact) mass is 264 g/mol. The highest BCUT2D eigenvalue weighted by atomic mass is 16.5. The first kappa shape index (κ1) is 16.0. The van der Waals surface area contributed by atoms with Gasteiger partial charge in [0.05, 0.1) is 13.2 Å². The molecule has 19 heavy (non-hydrogen) atoms. The molecule has 0 aliphatic heterocycles. The van der Waals surface area contributed by atoms with Gasteiger partial charge in [-0.3, -0.25) is 4.90 Å². The molecule has 0 fully saturated rings. The van der Waals surface area contributed by atoms with Crippen LogP contribution in [0.3, 0.4) is 0 Å². The summed E-state index contributed by atoms with van der Waals surface area (Å²) in [5.41, 5.74) is 7.42. The highest BCUT2D eigenvalue weighted by molar-refractivity contribution is 5.36. The Morgan fingerprint density at radius 1 is 1.21 bits per heavy atom. The van der Waals surface area contributed by atoms with Crippen molar-refractivity contribution >= 4 is 0 Å². The van der Waals surface area contributed by atoms with Gasteiger partial charge in [0, 0.05) is 17.6 Å². The van der Waals surface area contributed by atoms with Crippen LogP contribution in [0.4, 0.5) is 0 Å². The van der Waals surface area contributed by atoms with Crippen molar-refractivity contribution in [3.63, 3.8) is 0 Å². The number of benzene rings is 1. The molecule has 1 rings (SSSR count). The smallest absolute Gasteiger partial charge is 0.123 e. The lowest BCUT2D eigenvalue weighted by atomic mass is 9.96. The van der Waals surface area contributed by atoms with Gasteiger partial charge in [0.15, 0.2) is 0 Å². The first-order valence-corrected chi connectivity index (χ1v) is 7.17. The normalized spacial score (nSPS) is 14.7. The van der Waals surface area contributed by atoms with E-state index in [0.717, 1.165) is 18.6 Å². The molecule has 0 spiro atoms. The predicted octanol–water partition coefficient (Wildman–Crippen LogP) is 3.20. The van der Waals surface area contributed by atoms with Crippen LogP contribution in [-0.2, 0) is 0 Å². The van der Waals surface area contributed by atoms with Crippen LogP contribution < -0.4 is 10.5 Å². The molecule has 0 saturated carbocycles. The van der Waals surface area contributed by atoms with E-state index in [9.17, 15) is 0 Å². The maximum absolute atomic E-state index is 6.24. The average molecular weight is 264 g/mol. The molecule has 0 saturated heterocycles. The number of hydrogen-bond donors (Lipinski definition) is 1. The molecule has 0 heterocycles. The Labute approximate surface area is 117 Å². The summed E-state index contributed by atoms with van der Waals surface area (Å²) in [5, 5.41) is 0. The van der Waals surface area contributed by atoms with E-state index in [1.54, 1.807) is 7.11 Å². The third-order valence-corrected chi connectivity index (χ3v) is 3.91. The first-order valence-electron chi connectivity index (χ1n) is 7.17. The van der Waals surface area contributed by atoms with Gasteiger partial charge in [-0.25, -0.2) is 0 Å². The fourth-order valence-corrected chi connectivity index (χ4v) is 2.88. The summed E-state index contributed by atoms with van der Waals surface area (Å²) in [4.78, 5) is 2.39. The van der Waals surface area contributed by atoms with Gasteiger partial charge in [-0.1, -0.05) is 32.0 Å². The standard InChI is InChI=1S/C16H28N2O/c1-6-13(7-2)18(4)16(12(3)17)14-10-8-9-11-15(14)19-5/h8-13,16H,6-7,17H2,1-5H3. The molecule has 0 aromatic heterocycles. The molecular formula is C16H28N2O. The third kappa shape index (κ3) is 3.71. The zero-order valence-electron chi connectivity index (χ0n) is 12.9. The van der Waals surface area contributed by atoms with Crippen molar-refractivity contribution in [2.75, 3.05) is 14.2 Å². The largest absolute Gasteiger partial charge is 0.496 e. The van der Waals surface area contributed by atoms with Crippen molar-refractivity contribution < 1.29 is 4.74 Å². The summed E-state index contributed by atoms with van der Waals surface area (Å²) in [5.74, 6) is 0.919. The van der Waals surface area contributed by atoms with E-state index in [1.807, 2.05) is 18.2 Å². The maximum atomic E-state index is 6.24. The number of hydrogen-bond acceptors (Lipinski definition) is 3. The van der Waals surface area contributed by atoms with E-state index < -0.39 is 0 Å². The van der Waals surface area contributed by atoms with Crippen LogP contribution >= 0.6 is 0 Å². The molecule has 1 aromatic carbocycles. The molecule has 3 heteroatoms. The number of likely N-dealkylation sites (N-methyl/N-ethyl adjacent to an activating group) is 1. The Kier molecular flexibility index (Phi) is 6.32. The van der Waals surface area contributed by atoms with E-state index in [-0.39, 0.29) is 12.1 Å². The minimum Gasteiger partial charge on any atom is -0.496 e. The summed E-state index contributed by atoms with van der Waals surface area (Å²) in [6.45, 7) is 6.52. The van der Waals surface area contributed by atoms with Crippen LogP contribution in [0.2, 0.25) is 0 Å². The second-order valence-corrected chi connectivity index (χ2v) is 5.18. The van der Waals surface area contributed by atoms with E-state index in [1.165, 1.54) is 5.56 Å². The second kappa shape index (κ2) is 7.51. The van der Waals surface area contributed by atoms with E-state index in [4.69, 9.17) is 10.5 Å². The van der Waals surface area contributed by atoms with Crippen LogP contribution in [0, 0.1) is 0 Å². The molecule has 0 radical (unpaired) electrons. The van der Waals surface area contributed by atoms with Crippen molar-refractivity contribution in [2.24, 2.45) is 5.73 Å². The predicted molar refractivity (Wildman–Crippen MR) is 81.5 cm³/mol. The van der Waals surface area contributed by atoms with E-state index >= 15 is 0 Å². The molecule has 1 aromatic rings. The maximum Gasteiger partial charge on any atom is 0.123 e. The van der Waals surface area contributed by atoms with Gasteiger partial charge in [-0.15, -0.1) is 0 Å². The SMILES string of the molecule is CCC(CC)N(C)C(c1ccccc1OC)C(C)N. The fraction of sp³-hybridized carbons (Fsp3) is 0.625. The van der Waals surface area contributed by atoms with Crippen molar-refractivity contribution in [3.05, 3.63) is 29.8 Å². The quantitative estimate of drug-likeness (QED) is 0.822. The van der Waals surface area contributed by atoms with Gasteiger partial charge in [0.1, 0.15) is 5.75 Å². The van der Waals surface area contributed by atoms with Crippen molar-refractivity contribution in [1.29, 1.82) is 0 Å². The molecule has 0 aliphatic carbocycles. The average Bonchev–Trinajstić information content (AvgIpc) is 2.40. The first-order chi connectivity index (χ1) is 9.06. The highest BCUT2D eigenvalue weighted by Gasteiger charge is 2.27. The molecule has 2 atom stereocenters. The molecule has 2 N–H and O–H groups in total. The van der Waals surface area contributed by atoms with Gasteiger partial charge >= 0.3 is 0 Å². The number of nitrogens with two attached hydrogens (primary N) is 1. The molecule has 0 amide bonds. The second-order valence-electron chi connectivity index (χ2n) is 5.18. The number of ether oxygens (including phenoxy) is 1. The molecule has 3 nitrogen and oxygen atoms in total. The minimum absolute atomic E-state index is 0.0573. The lowest BCUT2D eigenvalue weighted by Crippen LogP contribution is -2.42. The third-order valence-electron chi connectivity index (χ3n) is 3.91. The van der Waals surface area contributed by atoms with Gasteiger partial charge in [0.25, 0.3) is 0 Å². The van der Waals surface area contributed by atoms with Crippen LogP contribution in [0.25, 0.3) is 0 Å². The van der Waals surface area contributed by atoms with E-state index in [0.29, 0.717) is 6.04 Å². The Hall–Kier alpha value is -1.06. The Morgan fingerprint density at radius 3 is 2.26 bits per heavy atom. The zero-order chi connectivity index (χ0) is 14.4. The van der Waals surface area contributed by atoms with Crippen molar-refractivity contribution in [2.45, 2.75) is 51.7 Å². The van der Waals surface area contributed by atoms with Crippen LogP contribution in [0.15, 0.2) is 24.3 Å². The van der Waals surface area contributed by atoms with Gasteiger partial charge in [0.2, 0.25) is 0 Å². The van der Waals surface area contributed by atoms with Gasteiger partial charge in [-0.2, -0.15) is 0 Å². The summed E-state index contributed by atoms with van der Waals surface area (Å²) >= 11 is 0. The molecular weight excluding hydrogens is 236 g/mol.